The van der Waals surface area contributed by atoms with Crippen LogP contribution >= 0.6 is 0 Å². The SMILES string of the molecule is NC1(c2ccc(-c3ccc(C(F)(F)F)cc3)cc2)CC1. The Bertz CT molecular complexity index is 561. The summed E-state index contributed by atoms with van der Waals surface area (Å²) >= 11 is 0. The van der Waals surface area contributed by atoms with Crippen LogP contribution in [0.15, 0.2) is 48.5 Å². The summed E-state index contributed by atoms with van der Waals surface area (Å²) in [6, 6.07) is 12.9. The molecule has 2 N–H and O–H groups in total. The second-order valence-corrected chi connectivity index (χ2v) is 5.31. The molecule has 1 aliphatic rings. The Morgan fingerprint density at radius 3 is 1.65 bits per heavy atom. The average Bonchev–Trinajstić information content (AvgIpc) is 3.18. The van der Waals surface area contributed by atoms with Crippen molar-refractivity contribution in [2.24, 2.45) is 5.73 Å². The van der Waals surface area contributed by atoms with Gasteiger partial charge in [-0.3, -0.25) is 0 Å². The van der Waals surface area contributed by atoms with E-state index in [1.165, 1.54) is 12.1 Å². The molecule has 1 aliphatic carbocycles. The maximum atomic E-state index is 12.5. The van der Waals surface area contributed by atoms with Gasteiger partial charge in [0.1, 0.15) is 0 Å². The average molecular weight is 277 g/mol. The molecule has 0 aromatic heterocycles. The summed E-state index contributed by atoms with van der Waals surface area (Å²) in [5.74, 6) is 0. The third kappa shape index (κ3) is 2.43. The Morgan fingerprint density at radius 2 is 1.25 bits per heavy atom. The van der Waals surface area contributed by atoms with Crippen LogP contribution in [0, 0.1) is 0 Å². The van der Waals surface area contributed by atoms with Gasteiger partial charge in [0.15, 0.2) is 0 Å². The summed E-state index contributed by atoms with van der Waals surface area (Å²) in [6.07, 6.45) is -2.31. The molecule has 4 heteroatoms. The Balaban J connectivity index is 1.86. The summed E-state index contributed by atoms with van der Waals surface area (Å²) in [5.41, 5.74) is 8.05. The van der Waals surface area contributed by atoms with Crippen LogP contribution in [0.1, 0.15) is 24.0 Å². The summed E-state index contributed by atoms with van der Waals surface area (Å²) in [4.78, 5) is 0. The van der Waals surface area contributed by atoms with Crippen LogP contribution in [0.4, 0.5) is 13.2 Å². The van der Waals surface area contributed by atoms with Gasteiger partial charge in [0.05, 0.1) is 5.56 Å². The summed E-state index contributed by atoms with van der Waals surface area (Å²) in [7, 11) is 0. The molecule has 1 saturated carbocycles. The first-order valence-corrected chi connectivity index (χ1v) is 6.46. The fraction of sp³-hybridized carbons (Fsp3) is 0.250. The van der Waals surface area contributed by atoms with E-state index in [0.717, 1.165) is 41.7 Å². The van der Waals surface area contributed by atoms with Crippen LogP contribution < -0.4 is 5.73 Å². The first-order chi connectivity index (χ1) is 9.38. The second-order valence-electron chi connectivity index (χ2n) is 5.31. The van der Waals surface area contributed by atoms with E-state index < -0.39 is 11.7 Å². The van der Waals surface area contributed by atoms with E-state index in [-0.39, 0.29) is 5.54 Å². The topological polar surface area (TPSA) is 26.0 Å². The lowest BCUT2D eigenvalue weighted by Gasteiger charge is -2.11. The van der Waals surface area contributed by atoms with Crippen molar-refractivity contribution in [1.82, 2.24) is 0 Å². The van der Waals surface area contributed by atoms with Crippen molar-refractivity contribution in [2.75, 3.05) is 0 Å². The van der Waals surface area contributed by atoms with Gasteiger partial charge in [0, 0.05) is 5.54 Å². The van der Waals surface area contributed by atoms with Crippen molar-refractivity contribution in [3.05, 3.63) is 59.7 Å². The van der Waals surface area contributed by atoms with E-state index in [9.17, 15) is 13.2 Å². The molecule has 0 bridgehead atoms. The molecule has 2 aromatic rings. The van der Waals surface area contributed by atoms with Crippen LogP contribution in [-0.2, 0) is 11.7 Å². The minimum absolute atomic E-state index is 0.182. The number of halogens is 3. The molecule has 0 spiro atoms. The summed E-state index contributed by atoms with van der Waals surface area (Å²) < 4.78 is 37.5. The summed E-state index contributed by atoms with van der Waals surface area (Å²) in [6.45, 7) is 0. The van der Waals surface area contributed by atoms with Gasteiger partial charge in [-0.25, -0.2) is 0 Å². The molecule has 3 rings (SSSR count). The molecule has 0 unspecified atom stereocenters. The number of hydrogen-bond donors (Lipinski definition) is 1. The van der Waals surface area contributed by atoms with E-state index in [2.05, 4.69) is 0 Å². The Labute approximate surface area is 115 Å². The molecule has 0 amide bonds. The van der Waals surface area contributed by atoms with E-state index in [1.54, 1.807) is 0 Å². The van der Waals surface area contributed by atoms with Crippen LogP contribution in [0.2, 0.25) is 0 Å². The normalized spacial score (nSPS) is 17.0. The van der Waals surface area contributed by atoms with Gasteiger partial charge in [-0.15, -0.1) is 0 Å². The predicted octanol–water partition coefficient (Wildman–Crippen LogP) is 4.32. The van der Waals surface area contributed by atoms with E-state index >= 15 is 0 Å². The lowest BCUT2D eigenvalue weighted by Crippen LogP contribution is -2.18. The molecular formula is C16H14F3N. The van der Waals surface area contributed by atoms with E-state index in [0.29, 0.717) is 0 Å². The Hall–Kier alpha value is -1.81. The third-order valence-corrected chi connectivity index (χ3v) is 3.79. The van der Waals surface area contributed by atoms with Crippen LogP contribution in [0.5, 0.6) is 0 Å². The van der Waals surface area contributed by atoms with Crippen molar-refractivity contribution >= 4 is 0 Å². The first kappa shape index (κ1) is 13.2. The maximum absolute atomic E-state index is 12.5. The van der Waals surface area contributed by atoms with E-state index in [4.69, 9.17) is 5.73 Å². The van der Waals surface area contributed by atoms with Gasteiger partial charge in [-0.1, -0.05) is 36.4 Å². The number of rotatable bonds is 2. The molecule has 20 heavy (non-hydrogen) atoms. The van der Waals surface area contributed by atoms with Crippen molar-refractivity contribution in [1.29, 1.82) is 0 Å². The van der Waals surface area contributed by atoms with Gasteiger partial charge in [0.2, 0.25) is 0 Å². The van der Waals surface area contributed by atoms with Crippen LogP contribution in [-0.4, -0.2) is 0 Å². The lowest BCUT2D eigenvalue weighted by atomic mass is 9.99. The standard InChI is InChI=1S/C16H14F3N/c17-16(18,19)14-7-3-12(4-8-14)11-1-5-13(6-2-11)15(20)9-10-15/h1-8H,9-10,20H2. The van der Waals surface area contributed by atoms with Gasteiger partial charge in [-0.05, 0) is 41.7 Å². The predicted molar refractivity (Wildman–Crippen MR) is 72.0 cm³/mol. The highest BCUT2D eigenvalue weighted by molar-refractivity contribution is 5.64. The quantitative estimate of drug-likeness (QED) is 0.869. The van der Waals surface area contributed by atoms with E-state index in [1.807, 2.05) is 24.3 Å². The van der Waals surface area contributed by atoms with Crippen molar-refractivity contribution in [3.8, 4) is 11.1 Å². The van der Waals surface area contributed by atoms with Crippen LogP contribution in [0.3, 0.4) is 0 Å². The van der Waals surface area contributed by atoms with Crippen molar-refractivity contribution < 1.29 is 13.2 Å². The van der Waals surface area contributed by atoms with Crippen LogP contribution in [0.25, 0.3) is 11.1 Å². The minimum atomic E-state index is -4.29. The Morgan fingerprint density at radius 1 is 0.800 bits per heavy atom. The molecule has 0 atom stereocenters. The van der Waals surface area contributed by atoms with Gasteiger partial charge in [0.25, 0.3) is 0 Å². The van der Waals surface area contributed by atoms with Crippen molar-refractivity contribution in [2.45, 2.75) is 24.6 Å². The minimum Gasteiger partial charge on any atom is -0.321 e. The smallest absolute Gasteiger partial charge is 0.321 e. The third-order valence-electron chi connectivity index (χ3n) is 3.79. The molecule has 1 fully saturated rings. The molecule has 0 heterocycles. The highest BCUT2D eigenvalue weighted by Gasteiger charge is 2.39. The van der Waals surface area contributed by atoms with Gasteiger partial charge in [-0.2, -0.15) is 13.2 Å². The largest absolute Gasteiger partial charge is 0.416 e. The lowest BCUT2D eigenvalue weighted by molar-refractivity contribution is -0.137. The molecular weight excluding hydrogens is 263 g/mol. The zero-order chi connectivity index (χ0) is 14.4. The fourth-order valence-electron chi connectivity index (χ4n) is 2.27. The highest BCUT2D eigenvalue weighted by Crippen LogP contribution is 2.43. The number of benzene rings is 2. The number of nitrogens with two attached hydrogens (primary N) is 1. The zero-order valence-electron chi connectivity index (χ0n) is 10.7. The molecule has 0 saturated heterocycles. The molecule has 104 valence electrons. The zero-order valence-corrected chi connectivity index (χ0v) is 10.7. The van der Waals surface area contributed by atoms with Gasteiger partial charge < -0.3 is 5.73 Å². The van der Waals surface area contributed by atoms with Gasteiger partial charge >= 0.3 is 6.18 Å². The monoisotopic (exact) mass is 277 g/mol. The molecule has 0 radical (unpaired) electrons. The highest BCUT2D eigenvalue weighted by atomic mass is 19.4. The molecule has 2 aromatic carbocycles. The number of hydrogen-bond acceptors (Lipinski definition) is 1. The Kier molecular flexibility index (Phi) is 2.87. The summed E-state index contributed by atoms with van der Waals surface area (Å²) in [5, 5.41) is 0. The fourth-order valence-corrected chi connectivity index (χ4v) is 2.27. The first-order valence-electron chi connectivity index (χ1n) is 6.46. The molecule has 1 nitrogen and oxygen atoms in total. The molecule has 0 aliphatic heterocycles. The maximum Gasteiger partial charge on any atom is 0.416 e. The number of alkyl halides is 3. The van der Waals surface area contributed by atoms with Crippen molar-refractivity contribution in [3.63, 3.8) is 0 Å². The second kappa shape index (κ2) is 4.35.